The first-order valence-electron chi connectivity index (χ1n) is 9.40. The number of likely N-dealkylation sites (tertiary alicyclic amines) is 1. The first-order valence-corrected chi connectivity index (χ1v) is 9.40. The topological polar surface area (TPSA) is 86.9 Å². The average Bonchev–Trinajstić information content (AvgIpc) is 3.15. The molecule has 8 heteroatoms. The summed E-state index contributed by atoms with van der Waals surface area (Å²) in [6, 6.07) is 6.00. The lowest BCUT2D eigenvalue weighted by molar-refractivity contribution is -0.140. The minimum Gasteiger partial charge on any atom is -0.480 e. The van der Waals surface area contributed by atoms with E-state index in [-0.39, 0.29) is 30.7 Å². The number of nitrogens with zero attached hydrogens (tertiary/aromatic N) is 3. The third-order valence-electron chi connectivity index (χ3n) is 5.05. The molecular weight excluding hydrogens is 365 g/mol. The predicted octanol–water partition coefficient (Wildman–Crippen LogP) is 2.42. The summed E-state index contributed by atoms with van der Waals surface area (Å²) < 4.78 is 18.4. The van der Waals surface area contributed by atoms with Crippen LogP contribution in [0.1, 0.15) is 25.5 Å². The van der Waals surface area contributed by atoms with E-state index in [1.165, 1.54) is 18.4 Å². The van der Waals surface area contributed by atoms with Crippen LogP contribution in [0.15, 0.2) is 34.9 Å². The monoisotopic (exact) mass is 389 g/mol. The second kappa shape index (κ2) is 8.97. The number of carboxylic acid groups (broad SMARTS) is 1. The lowest BCUT2D eigenvalue weighted by atomic mass is 10.0. The molecule has 3 rings (SSSR count). The van der Waals surface area contributed by atoms with Gasteiger partial charge in [0.2, 0.25) is 11.8 Å². The highest BCUT2D eigenvalue weighted by Crippen LogP contribution is 2.21. The van der Waals surface area contributed by atoms with Crippen LogP contribution in [0.4, 0.5) is 4.39 Å². The van der Waals surface area contributed by atoms with Gasteiger partial charge in [-0.15, -0.1) is 0 Å². The molecule has 1 aliphatic heterocycles. The Morgan fingerprint density at radius 2 is 1.96 bits per heavy atom. The van der Waals surface area contributed by atoms with Crippen LogP contribution in [-0.2, 0) is 16.0 Å². The van der Waals surface area contributed by atoms with Gasteiger partial charge in [0.1, 0.15) is 12.1 Å². The van der Waals surface area contributed by atoms with E-state index >= 15 is 0 Å². The number of carboxylic acids is 1. The molecule has 28 heavy (non-hydrogen) atoms. The lowest BCUT2D eigenvalue weighted by Gasteiger charge is -2.37. The van der Waals surface area contributed by atoms with E-state index in [9.17, 15) is 14.0 Å². The molecular formula is C20H24FN3O4. The van der Waals surface area contributed by atoms with Crippen molar-refractivity contribution in [3.8, 4) is 11.5 Å². The Balaban J connectivity index is 1.53. The van der Waals surface area contributed by atoms with Gasteiger partial charge in [0.05, 0.1) is 18.7 Å². The number of carbonyl (C=O) groups excluding carboxylic acids is 1. The molecule has 1 amide bonds. The van der Waals surface area contributed by atoms with Crippen molar-refractivity contribution in [1.29, 1.82) is 0 Å². The van der Waals surface area contributed by atoms with Crippen LogP contribution in [0.25, 0.3) is 11.5 Å². The van der Waals surface area contributed by atoms with E-state index in [0.717, 1.165) is 12.8 Å². The van der Waals surface area contributed by atoms with Gasteiger partial charge in [-0.1, -0.05) is 6.92 Å². The van der Waals surface area contributed by atoms with E-state index in [2.05, 4.69) is 4.98 Å². The molecule has 1 fully saturated rings. The van der Waals surface area contributed by atoms with Crippen LogP contribution < -0.4 is 0 Å². The maximum atomic E-state index is 13.0. The number of piperidine rings is 1. The van der Waals surface area contributed by atoms with Crippen LogP contribution >= 0.6 is 0 Å². The molecule has 1 aliphatic rings. The molecule has 1 aromatic carbocycles. The number of likely N-dealkylation sites (N-methyl/N-ethyl adjacent to an activating group) is 1. The van der Waals surface area contributed by atoms with Crippen molar-refractivity contribution in [3.63, 3.8) is 0 Å². The molecule has 0 radical (unpaired) electrons. The van der Waals surface area contributed by atoms with E-state index in [4.69, 9.17) is 9.52 Å². The number of hydrogen-bond acceptors (Lipinski definition) is 5. The smallest absolute Gasteiger partial charge is 0.317 e. The summed E-state index contributed by atoms with van der Waals surface area (Å²) in [6.45, 7) is 3.85. The zero-order valence-electron chi connectivity index (χ0n) is 15.8. The average molecular weight is 389 g/mol. The van der Waals surface area contributed by atoms with Crippen molar-refractivity contribution < 1.29 is 23.5 Å². The van der Waals surface area contributed by atoms with Crippen LogP contribution in [0, 0.1) is 5.82 Å². The molecule has 1 saturated heterocycles. The summed E-state index contributed by atoms with van der Waals surface area (Å²) in [5.41, 5.74) is 1.19. The minimum absolute atomic E-state index is 0.0280. The second-order valence-electron chi connectivity index (χ2n) is 6.90. The van der Waals surface area contributed by atoms with Crippen molar-refractivity contribution in [2.24, 2.45) is 0 Å². The van der Waals surface area contributed by atoms with Crippen LogP contribution in [0.2, 0.25) is 0 Å². The number of aliphatic carboxylic acids is 1. The van der Waals surface area contributed by atoms with E-state index in [0.29, 0.717) is 36.8 Å². The van der Waals surface area contributed by atoms with Gasteiger partial charge < -0.3 is 14.4 Å². The first-order chi connectivity index (χ1) is 13.5. The summed E-state index contributed by atoms with van der Waals surface area (Å²) in [6.07, 6.45) is 3.11. The van der Waals surface area contributed by atoms with Gasteiger partial charge in [-0.3, -0.25) is 14.5 Å². The van der Waals surface area contributed by atoms with Gasteiger partial charge >= 0.3 is 5.97 Å². The van der Waals surface area contributed by atoms with Gasteiger partial charge in [0.15, 0.2) is 0 Å². The fourth-order valence-corrected chi connectivity index (χ4v) is 3.53. The summed E-state index contributed by atoms with van der Waals surface area (Å²) in [5.74, 6) is -0.838. The highest BCUT2D eigenvalue weighted by atomic mass is 19.1. The predicted molar refractivity (Wildman–Crippen MR) is 100 cm³/mol. The highest BCUT2D eigenvalue weighted by molar-refractivity contribution is 5.78. The van der Waals surface area contributed by atoms with Crippen molar-refractivity contribution in [3.05, 3.63) is 42.0 Å². The zero-order chi connectivity index (χ0) is 20.1. The third kappa shape index (κ3) is 4.95. The van der Waals surface area contributed by atoms with Gasteiger partial charge in [-0.25, -0.2) is 9.37 Å². The SMILES string of the molecule is CCN(CC(=O)O)C1CCN(C(=O)Cc2coc(-c3ccc(F)cc3)n2)CC1. The number of carbonyl (C=O) groups is 2. The van der Waals surface area contributed by atoms with Crippen molar-refractivity contribution in [2.75, 3.05) is 26.2 Å². The maximum absolute atomic E-state index is 13.0. The largest absolute Gasteiger partial charge is 0.480 e. The molecule has 2 heterocycles. The molecule has 0 saturated carbocycles. The Bertz CT molecular complexity index is 813. The number of rotatable bonds is 7. The van der Waals surface area contributed by atoms with Crippen LogP contribution in [0.5, 0.6) is 0 Å². The zero-order valence-corrected chi connectivity index (χ0v) is 15.8. The molecule has 1 N–H and O–H groups in total. The van der Waals surface area contributed by atoms with Gasteiger partial charge in [-0.2, -0.15) is 0 Å². The third-order valence-corrected chi connectivity index (χ3v) is 5.05. The second-order valence-corrected chi connectivity index (χ2v) is 6.90. The van der Waals surface area contributed by atoms with Crippen molar-refractivity contribution >= 4 is 11.9 Å². The number of amides is 1. The summed E-state index contributed by atoms with van der Waals surface area (Å²) in [4.78, 5) is 31.6. The Kier molecular flexibility index (Phi) is 6.41. The molecule has 7 nitrogen and oxygen atoms in total. The molecule has 150 valence electrons. The van der Waals surface area contributed by atoms with Gasteiger partial charge in [0, 0.05) is 24.7 Å². The summed E-state index contributed by atoms with van der Waals surface area (Å²) in [5, 5.41) is 9.01. The molecule has 0 bridgehead atoms. The van der Waals surface area contributed by atoms with Gasteiger partial charge in [0.25, 0.3) is 0 Å². The molecule has 2 aromatic rings. The maximum Gasteiger partial charge on any atom is 0.317 e. The first kappa shape index (κ1) is 20.0. The van der Waals surface area contributed by atoms with Crippen molar-refractivity contribution in [1.82, 2.24) is 14.8 Å². The molecule has 0 spiro atoms. The Hall–Kier alpha value is -2.74. The standard InChI is InChI=1S/C20H24FN3O4/c1-2-23(12-19(26)27)17-7-9-24(10-8-17)18(25)11-16-13-28-20(22-16)14-3-5-15(21)6-4-14/h3-6,13,17H,2,7-12H2,1H3,(H,26,27). The van der Waals surface area contributed by atoms with E-state index in [1.807, 2.05) is 11.8 Å². The highest BCUT2D eigenvalue weighted by Gasteiger charge is 2.27. The normalized spacial score (nSPS) is 15.2. The van der Waals surface area contributed by atoms with Crippen molar-refractivity contribution in [2.45, 2.75) is 32.2 Å². The fraction of sp³-hybridized carbons (Fsp3) is 0.450. The van der Waals surface area contributed by atoms with Crippen LogP contribution in [-0.4, -0.2) is 64.0 Å². The van der Waals surface area contributed by atoms with Crippen LogP contribution in [0.3, 0.4) is 0 Å². The number of hydrogen-bond donors (Lipinski definition) is 1. The lowest BCUT2D eigenvalue weighted by Crippen LogP contribution is -2.48. The summed E-state index contributed by atoms with van der Waals surface area (Å²) in [7, 11) is 0. The quantitative estimate of drug-likeness (QED) is 0.783. The van der Waals surface area contributed by atoms with E-state index < -0.39 is 5.97 Å². The molecule has 1 aromatic heterocycles. The fourth-order valence-electron chi connectivity index (χ4n) is 3.53. The Morgan fingerprint density at radius 3 is 2.57 bits per heavy atom. The molecule has 0 aliphatic carbocycles. The number of oxazole rings is 1. The molecule has 0 unspecified atom stereocenters. The number of aromatic nitrogens is 1. The molecule has 0 atom stereocenters. The number of halogens is 1. The van der Waals surface area contributed by atoms with E-state index in [1.54, 1.807) is 17.0 Å². The van der Waals surface area contributed by atoms with Gasteiger partial charge in [-0.05, 0) is 43.7 Å². The Morgan fingerprint density at radius 1 is 1.29 bits per heavy atom. The Labute approximate surface area is 162 Å². The minimum atomic E-state index is -0.830. The summed E-state index contributed by atoms with van der Waals surface area (Å²) >= 11 is 0. The number of benzene rings is 1.